The number of alkyl halides is 3. The molecule has 2 saturated heterocycles. The Balaban J connectivity index is 1.58. The van der Waals surface area contributed by atoms with Crippen molar-refractivity contribution in [3.05, 3.63) is 82.0 Å². The molecule has 0 aliphatic carbocycles. The minimum absolute atomic E-state index is 0.0677. The standard InChI is InChI=1S/C27H22ClF5N4O4/c1-40-16-8-18(29)21(19(30)9-16)17-10-37(26(39)23(17)36-25(38)13-2-4-14(28)5-3-13)24-22(27(31,32)33)20(6-7-34-24)35-15-11-41-12-15/h2-9,15,17,23H,10-12H2,1H3,(H,34,35)(H,36,38)/t17-,23?/m0/s1. The molecule has 2 aliphatic rings. The summed E-state index contributed by atoms with van der Waals surface area (Å²) in [5, 5.41) is 5.51. The highest BCUT2D eigenvalue weighted by atomic mass is 35.5. The Kier molecular flexibility index (Phi) is 7.75. The zero-order valence-corrected chi connectivity index (χ0v) is 22.0. The number of hydrogen-bond acceptors (Lipinski definition) is 6. The Labute approximate surface area is 235 Å². The monoisotopic (exact) mass is 596 g/mol. The molecular formula is C27H22ClF5N4O4. The maximum atomic E-state index is 15.2. The molecule has 8 nitrogen and oxygen atoms in total. The summed E-state index contributed by atoms with van der Waals surface area (Å²) in [7, 11) is 1.20. The van der Waals surface area contributed by atoms with Gasteiger partial charge in [-0.1, -0.05) is 11.6 Å². The van der Waals surface area contributed by atoms with E-state index in [1.54, 1.807) is 0 Å². The summed E-state index contributed by atoms with van der Waals surface area (Å²) in [5.74, 6) is -6.38. The SMILES string of the molecule is COc1cc(F)c([C@@H]2CN(c3nccc(NC4COC4)c3C(F)(F)F)C(=O)C2NC(=O)c2ccc(Cl)cc2)c(F)c1. The van der Waals surface area contributed by atoms with Crippen LogP contribution in [0, 0.1) is 11.6 Å². The van der Waals surface area contributed by atoms with E-state index in [0.29, 0.717) is 9.92 Å². The number of aromatic nitrogens is 1. The number of methoxy groups -OCH3 is 1. The van der Waals surface area contributed by atoms with Crippen LogP contribution in [0.15, 0.2) is 48.7 Å². The molecule has 2 fully saturated rings. The van der Waals surface area contributed by atoms with Crippen LogP contribution >= 0.6 is 11.6 Å². The molecule has 0 saturated carbocycles. The van der Waals surface area contributed by atoms with E-state index in [1.165, 1.54) is 31.4 Å². The Bertz CT molecular complexity index is 1460. The maximum absolute atomic E-state index is 15.2. The van der Waals surface area contributed by atoms with Crippen LogP contribution in [0.2, 0.25) is 5.02 Å². The van der Waals surface area contributed by atoms with Crippen LogP contribution in [0.5, 0.6) is 5.75 Å². The lowest BCUT2D eigenvalue weighted by molar-refractivity contribution is -0.136. The van der Waals surface area contributed by atoms with E-state index in [4.69, 9.17) is 21.1 Å². The predicted molar refractivity (Wildman–Crippen MR) is 138 cm³/mol. The van der Waals surface area contributed by atoms with Gasteiger partial charge in [0, 0.05) is 46.9 Å². The van der Waals surface area contributed by atoms with Crippen LogP contribution in [0.3, 0.4) is 0 Å². The lowest BCUT2D eigenvalue weighted by Crippen LogP contribution is -2.44. The molecule has 3 aromatic rings. The van der Waals surface area contributed by atoms with Gasteiger partial charge in [0.25, 0.3) is 11.8 Å². The first kappa shape index (κ1) is 28.6. The lowest BCUT2D eigenvalue weighted by atomic mass is 9.92. The quantitative estimate of drug-likeness (QED) is 0.382. The molecule has 2 aromatic carbocycles. The number of carbonyl (C=O) groups excluding carboxylic acids is 2. The van der Waals surface area contributed by atoms with Crippen LogP contribution in [-0.2, 0) is 15.7 Å². The first-order valence-corrected chi connectivity index (χ1v) is 12.7. The highest BCUT2D eigenvalue weighted by Crippen LogP contribution is 2.44. The van der Waals surface area contributed by atoms with Crippen molar-refractivity contribution in [1.29, 1.82) is 0 Å². The zero-order valence-electron chi connectivity index (χ0n) is 21.3. The van der Waals surface area contributed by atoms with Crippen molar-refractivity contribution in [2.24, 2.45) is 0 Å². The summed E-state index contributed by atoms with van der Waals surface area (Å²) in [4.78, 5) is 31.3. The van der Waals surface area contributed by atoms with Gasteiger partial charge in [-0.2, -0.15) is 13.2 Å². The fraction of sp³-hybridized carbons (Fsp3) is 0.296. The molecule has 0 bridgehead atoms. The number of ether oxygens (including phenoxy) is 2. The lowest BCUT2D eigenvalue weighted by Gasteiger charge is -2.30. The van der Waals surface area contributed by atoms with E-state index in [0.717, 1.165) is 24.4 Å². The minimum Gasteiger partial charge on any atom is -0.497 e. The molecule has 2 atom stereocenters. The van der Waals surface area contributed by atoms with Crippen molar-refractivity contribution < 1.29 is 41.0 Å². The van der Waals surface area contributed by atoms with Crippen molar-refractivity contribution in [2.75, 3.05) is 37.1 Å². The second kappa shape index (κ2) is 11.1. The third-order valence-corrected chi connectivity index (χ3v) is 7.09. The van der Waals surface area contributed by atoms with Crippen LogP contribution in [0.1, 0.15) is 27.4 Å². The van der Waals surface area contributed by atoms with Gasteiger partial charge >= 0.3 is 6.18 Å². The number of amides is 2. The van der Waals surface area contributed by atoms with E-state index in [9.17, 15) is 22.8 Å². The summed E-state index contributed by atoms with van der Waals surface area (Å²) < 4.78 is 83.5. The van der Waals surface area contributed by atoms with Gasteiger partial charge in [0.15, 0.2) is 0 Å². The molecule has 2 aliphatic heterocycles. The van der Waals surface area contributed by atoms with Gasteiger partial charge in [-0.25, -0.2) is 13.8 Å². The fourth-order valence-electron chi connectivity index (χ4n) is 4.80. The van der Waals surface area contributed by atoms with E-state index in [1.807, 2.05) is 0 Å². The van der Waals surface area contributed by atoms with Crippen molar-refractivity contribution in [3.63, 3.8) is 0 Å². The zero-order chi connectivity index (χ0) is 29.5. The Morgan fingerprint density at radius 3 is 2.34 bits per heavy atom. The van der Waals surface area contributed by atoms with Gasteiger partial charge in [-0.3, -0.25) is 14.5 Å². The maximum Gasteiger partial charge on any atom is 0.421 e. The summed E-state index contributed by atoms with van der Waals surface area (Å²) in [5.41, 5.74) is -2.11. The van der Waals surface area contributed by atoms with Gasteiger partial charge in [0.2, 0.25) is 0 Å². The van der Waals surface area contributed by atoms with Crippen molar-refractivity contribution in [3.8, 4) is 5.75 Å². The number of carbonyl (C=O) groups is 2. The molecule has 2 N–H and O–H groups in total. The van der Waals surface area contributed by atoms with Crippen molar-refractivity contribution >= 4 is 34.9 Å². The molecule has 1 unspecified atom stereocenters. The summed E-state index contributed by atoms with van der Waals surface area (Å²) >= 11 is 5.87. The van der Waals surface area contributed by atoms with Crippen LogP contribution in [0.4, 0.5) is 33.5 Å². The van der Waals surface area contributed by atoms with Gasteiger partial charge in [-0.15, -0.1) is 0 Å². The van der Waals surface area contributed by atoms with Gasteiger partial charge in [0.05, 0.1) is 32.1 Å². The highest BCUT2D eigenvalue weighted by Gasteiger charge is 2.49. The number of nitrogens with zero attached hydrogens (tertiary/aromatic N) is 2. The van der Waals surface area contributed by atoms with E-state index in [-0.39, 0.29) is 36.3 Å². The Morgan fingerprint density at radius 2 is 1.78 bits per heavy atom. The largest absolute Gasteiger partial charge is 0.497 e. The fourth-order valence-corrected chi connectivity index (χ4v) is 4.92. The first-order valence-electron chi connectivity index (χ1n) is 12.3. The van der Waals surface area contributed by atoms with E-state index < -0.39 is 65.1 Å². The number of rotatable bonds is 7. The summed E-state index contributed by atoms with van der Waals surface area (Å²) in [6.45, 7) is -0.236. The number of anilines is 2. The Hall–Kier alpha value is -3.97. The molecule has 1 aromatic heterocycles. The molecule has 2 amide bonds. The summed E-state index contributed by atoms with van der Waals surface area (Å²) in [6.07, 6.45) is -3.88. The van der Waals surface area contributed by atoms with Crippen molar-refractivity contribution in [1.82, 2.24) is 10.3 Å². The number of nitrogens with one attached hydrogen (secondary N) is 2. The second-order valence-corrected chi connectivity index (χ2v) is 9.89. The van der Waals surface area contributed by atoms with Crippen LogP contribution in [-0.4, -0.2) is 55.8 Å². The number of benzene rings is 2. The van der Waals surface area contributed by atoms with Gasteiger partial charge in [0.1, 0.15) is 34.8 Å². The Morgan fingerprint density at radius 1 is 1.12 bits per heavy atom. The third-order valence-electron chi connectivity index (χ3n) is 6.83. The molecule has 5 rings (SSSR count). The van der Waals surface area contributed by atoms with Crippen LogP contribution < -0.4 is 20.3 Å². The number of hydrogen-bond donors (Lipinski definition) is 2. The molecule has 3 heterocycles. The normalized spacial score (nSPS) is 19.2. The molecule has 216 valence electrons. The predicted octanol–water partition coefficient (Wildman–Crippen LogP) is 4.78. The third kappa shape index (κ3) is 5.64. The topological polar surface area (TPSA) is 92.8 Å². The van der Waals surface area contributed by atoms with E-state index in [2.05, 4.69) is 15.6 Å². The van der Waals surface area contributed by atoms with Gasteiger partial charge < -0.3 is 20.1 Å². The molecular weight excluding hydrogens is 575 g/mol. The molecule has 41 heavy (non-hydrogen) atoms. The molecule has 0 spiro atoms. The first-order chi connectivity index (χ1) is 19.5. The average Bonchev–Trinajstić information content (AvgIpc) is 3.20. The van der Waals surface area contributed by atoms with Gasteiger partial charge in [-0.05, 0) is 30.3 Å². The minimum atomic E-state index is -4.96. The molecule has 0 radical (unpaired) electrons. The summed E-state index contributed by atoms with van der Waals surface area (Å²) in [6, 6.07) is 6.42. The van der Waals surface area contributed by atoms with Crippen LogP contribution in [0.25, 0.3) is 0 Å². The number of halogens is 6. The molecule has 14 heteroatoms. The second-order valence-electron chi connectivity index (χ2n) is 9.45. The smallest absolute Gasteiger partial charge is 0.421 e. The average molecular weight is 597 g/mol. The van der Waals surface area contributed by atoms with Crippen molar-refractivity contribution in [2.45, 2.75) is 24.2 Å². The van der Waals surface area contributed by atoms with E-state index >= 15 is 8.78 Å². The number of pyridine rings is 1. The highest BCUT2D eigenvalue weighted by molar-refractivity contribution is 6.30.